The number of aliphatic hydroxyl groups is 3. The molecule has 17 atom stereocenters. The van der Waals surface area contributed by atoms with Crippen LogP contribution in [0.1, 0.15) is 116 Å². The summed E-state index contributed by atoms with van der Waals surface area (Å²) in [6.07, 6.45) is -2.05. The Morgan fingerprint density at radius 3 is 1.17 bits per heavy atom. The van der Waals surface area contributed by atoms with Crippen molar-refractivity contribution in [2.24, 2.45) is 23.5 Å². The van der Waals surface area contributed by atoms with E-state index >= 15 is 0 Å². The summed E-state index contributed by atoms with van der Waals surface area (Å²) in [7, 11) is 0. The van der Waals surface area contributed by atoms with Gasteiger partial charge >= 0.3 is 17.9 Å². The third-order valence-electron chi connectivity index (χ3n) is 20.1. The average Bonchev–Trinajstić information content (AvgIpc) is 1.14. The van der Waals surface area contributed by atoms with E-state index < -0.39 is 248 Å². The Balaban J connectivity index is 1.22. The fourth-order valence-electron chi connectivity index (χ4n) is 12.7. The summed E-state index contributed by atoms with van der Waals surface area (Å²) in [6.45, 7) is 9.79. The molecule has 128 heavy (non-hydrogen) atoms. The van der Waals surface area contributed by atoms with Crippen molar-refractivity contribution < 1.29 is 122 Å². The van der Waals surface area contributed by atoms with Crippen LogP contribution in [0.3, 0.4) is 0 Å². The van der Waals surface area contributed by atoms with E-state index in [2.05, 4.69) is 89.7 Å². The summed E-state index contributed by atoms with van der Waals surface area (Å²) in [5, 5.41) is 106. The van der Waals surface area contributed by atoms with Crippen molar-refractivity contribution in [2.45, 2.75) is 217 Å². The summed E-state index contributed by atoms with van der Waals surface area (Å²) < 4.78 is 0. The highest BCUT2D eigenvalue weighted by molar-refractivity contribution is 6.01. The molecule has 0 saturated heterocycles. The molecule has 0 bridgehead atoms. The van der Waals surface area contributed by atoms with E-state index in [1.807, 2.05) is 0 Å². The number of aliphatic carboxylic acids is 3. The number of imidazole rings is 1. The largest absolute Gasteiger partial charge is 0.508 e. The zero-order valence-electron chi connectivity index (χ0n) is 72.1. The van der Waals surface area contributed by atoms with E-state index in [4.69, 9.17) is 5.73 Å². The van der Waals surface area contributed by atoms with Gasteiger partial charge in [-0.25, -0.2) is 9.78 Å². The first-order chi connectivity index (χ1) is 60.5. The molecule has 43 heteroatoms. The molecule has 696 valence electrons. The Morgan fingerprint density at radius 2 is 0.750 bits per heavy atom. The molecule has 0 aliphatic carbocycles. The van der Waals surface area contributed by atoms with Gasteiger partial charge in [0.15, 0.2) is 0 Å². The summed E-state index contributed by atoms with van der Waals surface area (Å²) in [6, 6.07) is 6.21. The van der Waals surface area contributed by atoms with Gasteiger partial charge in [-0.3, -0.25) is 81.5 Å². The number of nitrogens with two attached hydrogens (primary N) is 1. The minimum Gasteiger partial charge on any atom is -0.508 e. The first-order valence-electron chi connectivity index (χ1n) is 41.2. The summed E-state index contributed by atoms with van der Waals surface area (Å²) in [5.41, 5.74) is 8.64. The van der Waals surface area contributed by atoms with Crippen molar-refractivity contribution in [1.29, 1.82) is 0 Å². The number of H-pyrrole nitrogens is 1. The lowest BCUT2D eigenvalue weighted by Crippen LogP contribution is -2.62. The van der Waals surface area contributed by atoms with Crippen LogP contribution in [0.25, 0.3) is 0 Å². The van der Waals surface area contributed by atoms with E-state index in [1.54, 1.807) is 124 Å². The molecular weight excluding hydrogens is 1670 g/mol. The maximum absolute atomic E-state index is 14.6. The molecule has 1 heterocycles. The number of nitrogens with one attached hydrogen (secondary N) is 16. The molecule has 5 aromatic rings. The van der Waals surface area contributed by atoms with Gasteiger partial charge in [-0.2, -0.15) is 0 Å². The number of phenolic OH excluding ortho intramolecular Hbond substituents is 1. The third-order valence-corrected chi connectivity index (χ3v) is 20.1. The Bertz CT molecular complexity index is 4610. The second kappa shape index (κ2) is 52.2. The second-order valence-electron chi connectivity index (χ2n) is 31.5. The predicted molar refractivity (Wildman–Crippen MR) is 456 cm³/mol. The molecule has 0 fully saturated rings. The number of carbonyl (C=O) groups excluding carboxylic acids is 15. The van der Waals surface area contributed by atoms with E-state index in [1.165, 1.54) is 52.4 Å². The molecule has 0 aliphatic heterocycles. The molecule has 43 nitrogen and oxygen atoms in total. The Kier molecular flexibility index (Phi) is 42.7. The van der Waals surface area contributed by atoms with Crippen LogP contribution < -0.4 is 85.5 Å². The minimum absolute atomic E-state index is 0.000513. The third kappa shape index (κ3) is 35.3. The fraction of sp³-hybridized carbons (Fsp3) is 0.471. The van der Waals surface area contributed by atoms with Crippen molar-refractivity contribution in [3.8, 4) is 5.75 Å². The number of hydrogen-bond donors (Lipinski definition) is 24. The van der Waals surface area contributed by atoms with Crippen LogP contribution in [-0.4, -0.2) is 269 Å². The maximum Gasteiger partial charge on any atom is 0.328 e. The van der Waals surface area contributed by atoms with Crippen molar-refractivity contribution in [1.82, 2.24) is 89.7 Å². The predicted octanol–water partition coefficient (Wildman–Crippen LogP) is -4.95. The zero-order chi connectivity index (χ0) is 95.2. The molecule has 4 aromatic carbocycles. The number of nitrogens with zero attached hydrogens (tertiary/aromatic N) is 1. The van der Waals surface area contributed by atoms with E-state index in [-0.39, 0.29) is 56.6 Å². The number of benzene rings is 4. The SMILES string of the molecule is CC[C@H](C)[C@H](NC(=O)[C@@H](NC(=O)[C@H](CO)NC(=O)[C@H](C)NC(=O)[C@@H](NC(=O)[C@H](CC(=O)O)NC(=O)[C@H](C)NC(=O)[C@H](Cc1ccccc1)NC(=O)[C@@H](CC(C)C)NC(=O)[C@@H](N)Cc1ccc(O)cc1)C(C)C)[C@@H](C)O)C(=O)NCC(=O)N[C@@H](CC(=O)O)C(=O)N[C@@H](Cc1ccccc1)C(=O)N[C@@H](Cc1ccccc1)C(=O)N[C@@H](Cc1cnc[nH]1)C(=O)N[C@@H](CO)C(=O)O. The van der Waals surface area contributed by atoms with Gasteiger partial charge in [-0.1, -0.05) is 151 Å². The van der Waals surface area contributed by atoms with E-state index in [0.29, 0.717) is 27.9 Å². The molecular formula is C85H116N18O25. The Morgan fingerprint density at radius 1 is 0.383 bits per heavy atom. The van der Waals surface area contributed by atoms with Crippen LogP contribution >= 0.6 is 0 Å². The Labute approximate surface area is 736 Å². The minimum atomic E-state index is -1.98. The zero-order valence-corrected chi connectivity index (χ0v) is 72.1. The molecule has 0 radical (unpaired) electrons. The highest BCUT2D eigenvalue weighted by Crippen LogP contribution is 2.17. The standard InChI is InChI=1S/C85H116N18O25/c1-10-45(6)69(82(124)88-39-65(108)92-61(36-66(109)110)79(121)97-58(33-50-22-16-12-17-23-50)76(118)96-59(34-51-24-18-13-19-25-51)77(119)98-60(35-53-38-87-42-89-53)78(120)100-64(41-105)85(127)128)102-84(126)70(48(9)106)103-81(123)63(40-104)99-72(114)47(8)91-83(125)68(44(4)5)101-80(122)62(37-67(111)112)93-71(113)46(7)90-74(116)57(32-49-20-14-11-15-21-49)95-75(117)56(30-43(2)3)94-73(115)55(86)31-52-26-28-54(107)29-27-52/h11-29,38,42-48,55-64,68-70,104-107H,10,30-37,39-41,86H2,1-9H3,(H,87,89)(H,88,124)(H,90,116)(H,91,125)(H,92,108)(H,93,113)(H,94,115)(H,95,117)(H,96,118)(H,97,121)(H,98,119)(H,99,114)(H,100,120)(H,101,122)(H,102,126)(H,103,123)(H,109,110)(H,111,112)(H,127,128)/t45-,46-,47-,48+,55-,56+,57-,58-,59-,60-,61-,62-,63-,64-,68-,69-,70-/m0/s1. The highest BCUT2D eigenvalue weighted by atomic mass is 16.4. The lowest BCUT2D eigenvalue weighted by atomic mass is 9.97. The number of aromatic nitrogens is 2. The van der Waals surface area contributed by atoms with E-state index in [9.17, 15) is 122 Å². The number of carbonyl (C=O) groups is 18. The second-order valence-corrected chi connectivity index (χ2v) is 31.5. The van der Waals surface area contributed by atoms with Gasteiger partial charge in [0, 0.05) is 37.6 Å². The van der Waals surface area contributed by atoms with Gasteiger partial charge in [-0.05, 0) is 85.8 Å². The van der Waals surface area contributed by atoms with Crippen LogP contribution in [0, 0.1) is 17.8 Å². The normalized spacial score (nSPS) is 15.1. The number of carboxylic acid groups (broad SMARTS) is 3. The quantitative estimate of drug-likeness (QED) is 0.0173. The van der Waals surface area contributed by atoms with Gasteiger partial charge in [0.2, 0.25) is 88.6 Å². The van der Waals surface area contributed by atoms with Crippen LogP contribution in [0.2, 0.25) is 0 Å². The molecule has 1 aromatic heterocycles. The van der Waals surface area contributed by atoms with Crippen molar-refractivity contribution >= 4 is 107 Å². The number of aromatic amines is 1. The lowest BCUT2D eigenvalue weighted by Gasteiger charge is -2.29. The van der Waals surface area contributed by atoms with Gasteiger partial charge < -0.3 is 126 Å². The summed E-state index contributed by atoms with van der Waals surface area (Å²) in [4.78, 5) is 253. The highest BCUT2D eigenvalue weighted by Gasteiger charge is 2.40. The number of aromatic hydroxyl groups is 1. The first-order valence-corrected chi connectivity index (χ1v) is 41.2. The maximum atomic E-state index is 14.6. The number of hydrogen-bond acceptors (Lipinski definition) is 24. The summed E-state index contributed by atoms with van der Waals surface area (Å²) >= 11 is 0. The van der Waals surface area contributed by atoms with Gasteiger partial charge in [0.25, 0.3) is 0 Å². The van der Waals surface area contributed by atoms with Gasteiger partial charge in [-0.15, -0.1) is 0 Å². The molecule has 5 rings (SSSR count). The smallest absolute Gasteiger partial charge is 0.328 e. The van der Waals surface area contributed by atoms with Crippen LogP contribution in [-0.2, 0) is 118 Å². The Hall–Kier alpha value is -13.8. The lowest BCUT2D eigenvalue weighted by molar-refractivity contribution is -0.143. The van der Waals surface area contributed by atoms with E-state index in [0.717, 1.165) is 13.8 Å². The number of aliphatic hydroxyl groups excluding tert-OH is 3. The monoisotopic (exact) mass is 1790 g/mol. The molecule has 0 unspecified atom stereocenters. The number of rotatable bonds is 53. The van der Waals surface area contributed by atoms with Gasteiger partial charge in [0.05, 0.1) is 51.1 Å². The van der Waals surface area contributed by atoms with Crippen LogP contribution in [0.4, 0.5) is 0 Å². The van der Waals surface area contributed by atoms with Crippen molar-refractivity contribution in [3.05, 3.63) is 156 Å². The fourth-order valence-corrected chi connectivity index (χ4v) is 12.7. The molecule has 15 amide bonds. The van der Waals surface area contributed by atoms with Crippen LogP contribution in [0.5, 0.6) is 5.75 Å². The molecule has 0 spiro atoms. The van der Waals surface area contributed by atoms with Gasteiger partial charge in [0.1, 0.15) is 90.3 Å². The van der Waals surface area contributed by atoms with Crippen molar-refractivity contribution in [3.63, 3.8) is 0 Å². The number of phenols is 1. The summed E-state index contributed by atoms with van der Waals surface area (Å²) in [5.74, 6) is -22.6. The topological polar surface area (TPSA) is 684 Å². The number of amides is 15. The number of carboxylic acids is 3. The first kappa shape index (κ1) is 105. The average molecular weight is 1790 g/mol. The molecule has 0 saturated carbocycles. The molecule has 0 aliphatic rings. The molecule has 25 N–H and O–H groups in total. The van der Waals surface area contributed by atoms with Crippen LogP contribution in [0.15, 0.2) is 128 Å². The van der Waals surface area contributed by atoms with Crippen molar-refractivity contribution in [2.75, 3.05) is 19.8 Å².